The number of hydrogen-bond acceptors (Lipinski definition) is 12. The lowest BCUT2D eigenvalue weighted by atomic mass is 9.49. The Balaban J connectivity index is 1.05. The van der Waals surface area contributed by atoms with Gasteiger partial charge in [0.1, 0.15) is 30.5 Å². The second-order valence-electron chi connectivity index (χ2n) is 21.0. The second kappa shape index (κ2) is 14.5. The largest absolute Gasteiger partial charge is 0.462 e. The third-order valence-corrected chi connectivity index (χ3v) is 15.2. The van der Waals surface area contributed by atoms with Crippen LogP contribution in [0.5, 0.6) is 0 Å². The van der Waals surface area contributed by atoms with E-state index < -0.39 is 64.9 Å². The molecule has 4 heterocycles. The van der Waals surface area contributed by atoms with Crippen LogP contribution in [0.15, 0.2) is 0 Å². The summed E-state index contributed by atoms with van der Waals surface area (Å²) >= 11 is 0. The van der Waals surface area contributed by atoms with Crippen LogP contribution in [0.1, 0.15) is 127 Å². The third kappa shape index (κ3) is 7.29. The molecule has 0 aromatic rings. The normalized spacial score (nSPS) is 48.5. The van der Waals surface area contributed by atoms with Crippen molar-refractivity contribution in [3.05, 3.63) is 0 Å². The molecule has 3 aliphatic carbocycles. The third-order valence-electron chi connectivity index (χ3n) is 15.2. The van der Waals surface area contributed by atoms with E-state index in [1.807, 2.05) is 0 Å². The molecule has 7 fully saturated rings. The minimum absolute atomic E-state index is 0.00682. The molecule has 7 aliphatic rings. The van der Waals surface area contributed by atoms with Crippen molar-refractivity contribution in [2.24, 2.45) is 57.7 Å². The molecule has 7 rings (SSSR count). The Hall–Kier alpha value is -1.83. The fraction of sp³-hybridized carbons (Fsp3) is 0.930. The van der Waals surface area contributed by atoms with Crippen molar-refractivity contribution in [3.8, 4) is 0 Å². The van der Waals surface area contributed by atoms with Crippen molar-refractivity contribution in [2.75, 3.05) is 13.2 Å². The van der Waals surface area contributed by atoms with E-state index in [0.29, 0.717) is 37.7 Å². The highest BCUT2D eigenvalue weighted by molar-refractivity contribution is 5.76. The number of fused-ring (bicyclic) bond motifs is 7. The van der Waals surface area contributed by atoms with Crippen LogP contribution < -0.4 is 0 Å². The zero-order valence-electron chi connectivity index (χ0n) is 34.8. The maximum Gasteiger partial charge on any atom is 0.311 e. The molecule has 12 nitrogen and oxygen atoms in total. The van der Waals surface area contributed by atoms with E-state index in [-0.39, 0.29) is 59.8 Å². The maximum absolute atomic E-state index is 13.9. The zero-order valence-corrected chi connectivity index (χ0v) is 34.8. The summed E-state index contributed by atoms with van der Waals surface area (Å²) in [5, 5.41) is 22.8. The van der Waals surface area contributed by atoms with Gasteiger partial charge in [-0.1, -0.05) is 20.8 Å². The number of esters is 3. The highest BCUT2D eigenvalue weighted by Gasteiger charge is 2.70. The van der Waals surface area contributed by atoms with Crippen LogP contribution in [0.3, 0.4) is 0 Å². The van der Waals surface area contributed by atoms with Crippen molar-refractivity contribution in [1.29, 1.82) is 0 Å². The van der Waals surface area contributed by atoms with E-state index in [2.05, 4.69) is 27.7 Å². The Kier molecular flexibility index (Phi) is 10.9. The lowest BCUT2D eigenvalue weighted by Crippen LogP contribution is -2.62. The summed E-state index contributed by atoms with van der Waals surface area (Å²) in [6, 6.07) is 0. The summed E-state index contributed by atoms with van der Waals surface area (Å²) in [6.45, 7) is 19.7. The summed E-state index contributed by atoms with van der Waals surface area (Å²) in [6.07, 6.45) is 0.579. The number of carbonyl (C=O) groups excluding carboxylic acids is 3. The van der Waals surface area contributed by atoms with Crippen LogP contribution >= 0.6 is 0 Å². The van der Waals surface area contributed by atoms with Crippen LogP contribution in [0.25, 0.3) is 0 Å². The lowest BCUT2D eigenvalue weighted by Gasteiger charge is -2.56. The van der Waals surface area contributed by atoms with Gasteiger partial charge in [-0.15, -0.1) is 0 Å². The predicted octanol–water partition coefficient (Wildman–Crippen LogP) is 5.72. The first-order chi connectivity index (χ1) is 25.6. The van der Waals surface area contributed by atoms with Crippen LogP contribution in [0.4, 0.5) is 0 Å². The summed E-state index contributed by atoms with van der Waals surface area (Å²) in [5.74, 6) is -0.0479. The van der Waals surface area contributed by atoms with E-state index in [9.17, 15) is 24.6 Å². The number of aliphatic hydroxyl groups excluding tert-OH is 2. The topological polar surface area (TPSA) is 156 Å². The molecule has 1 spiro atoms. The monoisotopic (exact) mass is 776 g/mol. The number of aliphatic hydroxyl groups is 2. The average molecular weight is 777 g/mol. The van der Waals surface area contributed by atoms with Gasteiger partial charge < -0.3 is 43.4 Å². The quantitative estimate of drug-likeness (QED) is 0.199. The van der Waals surface area contributed by atoms with Gasteiger partial charge in [-0.3, -0.25) is 14.4 Å². The van der Waals surface area contributed by atoms with Crippen LogP contribution in [-0.4, -0.2) is 95.6 Å². The van der Waals surface area contributed by atoms with Gasteiger partial charge in [0.25, 0.3) is 0 Å². The van der Waals surface area contributed by atoms with Gasteiger partial charge in [-0.05, 0) is 122 Å². The molecule has 0 amide bonds. The smallest absolute Gasteiger partial charge is 0.311 e. The number of carbonyl (C=O) groups is 3. The molecule has 0 unspecified atom stereocenters. The second-order valence-corrected chi connectivity index (χ2v) is 21.0. The first-order valence-corrected chi connectivity index (χ1v) is 21.2. The van der Waals surface area contributed by atoms with Crippen molar-refractivity contribution < 1.29 is 57.8 Å². The molecular formula is C43H68O12. The van der Waals surface area contributed by atoms with Crippen LogP contribution in [-0.2, 0) is 47.5 Å². The Morgan fingerprint density at radius 1 is 0.891 bits per heavy atom. The fourth-order valence-electron chi connectivity index (χ4n) is 11.9. The summed E-state index contributed by atoms with van der Waals surface area (Å²) in [7, 11) is 0. The molecule has 12 heteroatoms. The molecule has 2 N–H and O–H groups in total. The van der Waals surface area contributed by atoms with Gasteiger partial charge in [0.2, 0.25) is 0 Å². The first kappa shape index (κ1) is 41.3. The number of hydrogen-bond donors (Lipinski definition) is 2. The standard InChI is InChI=1S/C43H68O12/c1-22-13-16-43(50-20-22)23(2)32-29(54-43)18-28-26-12-11-24-17-25(14-15-41(24,9)27(26)19-31(44)55-42(28,32)10)51-36-34(46)35(53-38(48)40(6,7)8)33(45)30(52-36)21-49-37(47)39(3,4)5/h22-30,32-36,45-46H,11-21H2,1-10H3/t22-,23+,24+,25+,26-,27+,28+,29+,30-,32+,33-,34-,35+,36-,41+,42+,43-/m1/s1. The van der Waals surface area contributed by atoms with Gasteiger partial charge >= 0.3 is 17.9 Å². The Bertz CT molecular complexity index is 1460. The van der Waals surface area contributed by atoms with E-state index in [1.54, 1.807) is 41.5 Å². The van der Waals surface area contributed by atoms with Crippen molar-refractivity contribution in [3.63, 3.8) is 0 Å². The minimum Gasteiger partial charge on any atom is -0.462 e. The van der Waals surface area contributed by atoms with Crippen molar-refractivity contribution >= 4 is 17.9 Å². The Morgan fingerprint density at radius 3 is 2.25 bits per heavy atom. The first-order valence-electron chi connectivity index (χ1n) is 21.2. The highest BCUT2D eigenvalue weighted by Crippen LogP contribution is 2.67. The van der Waals surface area contributed by atoms with Gasteiger partial charge in [-0.25, -0.2) is 0 Å². The molecule has 0 radical (unpaired) electrons. The fourth-order valence-corrected chi connectivity index (χ4v) is 11.9. The Labute approximate surface area is 327 Å². The summed E-state index contributed by atoms with van der Waals surface area (Å²) in [4.78, 5) is 39.5. The molecule has 0 bridgehead atoms. The van der Waals surface area contributed by atoms with Crippen LogP contribution in [0, 0.1) is 57.7 Å². The molecule has 55 heavy (non-hydrogen) atoms. The summed E-state index contributed by atoms with van der Waals surface area (Å²) < 4.78 is 43.8. The Morgan fingerprint density at radius 2 is 1.60 bits per heavy atom. The van der Waals surface area contributed by atoms with Crippen LogP contribution in [0.2, 0.25) is 0 Å². The molecular weight excluding hydrogens is 708 g/mol. The van der Waals surface area contributed by atoms with Crippen molar-refractivity contribution in [1.82, 2.24) is 0 Å². The molecule has 0 aromatic heterocycles. The highest BCUT2D eigenvalue weighted by atomic mass is 16.7. The zero-order chi connectivity index (χ0) is 40.0. The molecule has 4 aliphatic heterocycles. The van der Waals surface area contributed by atoms with E-state index in [4.69, 9.17) is 33.2 Å². The number of ether oxygens (including phenoxy) is 7. The predicted molar refractivity (Wildman–Crippen MR) is 199 cm³/mol. The SMILES string of the molecule is C[C@@H]1CC[C@@]2(OC1)O[C@H]1C[C@H]3[C@@H]4CC[C@H]5C[C@@H](O[C@@H]6O[C@H](COC(=O)C(C)(C)C)[C@@H](O)[C@H](OC(=O)C(C)(C)C)[C@H]6O)CC[C@]5(C)[C@H]4CC(=O)O[C@]3(C)[C@H]1[C@@H]2C. The molecule has 312 valence electrons. The van der Waals surface area contributed by atoms with Gasteiger partial charge in [0.15, 0.2) is 18.2 Å². The molecule has 17 atom stereocenters. The minimum atomic E-state index is -1.47. The van der Waals surface area contributed by atoms with Gasteiger partial charge in [-0.2, -0.15) is 0 Å². The van der Waals surface area contributed by atoms with E-state index in [1.165, 1.54) is 0 Å². The lowest BCUT2D eigenvalue weighted by molar-refractivity contribution is -0.319. The average Bonchev–Trinajstić information content (AvgIpc) is 3.48. The molecule has 0 aromatic carbocycles. The van der Waals surface area contributed by atoms with Gasteiger partial charge in [0.05, 0.1) is 29.6 Å². The van der Waals surface area contributed by atoms with E-state index >= 15 is 0 Å². The summed E-state index contributed by atoms with van der Waals surface area (Å²) in [5.41, 5.74) is -2.38. The van der Waals surface area contributed by atoms with Crippen molar-refractivity contribution in [2.45, 2.75) is 181 Å². The molecule has 4 saturated heterocycles. The van der Waals surface area contributed by atoms with Gasteiger partial charge in [0, 0.05) is 30.6 Å². The molecule has 3 saturated carbocycles. The number of rotatable bonds is 5. The van der Waals surface area contributed by atoms with E-state index in [0.717, 1.165) is 38.5 Å². The maximum atomic E-state index is 13.9.